The van der Waals surface area contributed by atoms with Gasteiger partial charge in [0.15, 0.2) is 0 Å². The molecule has 25 heavy (non-hydrogen) atoms. The molecule has 1 fully saturated rings. The van der Waals surface area contributed by atoms with Crippen molar-refractivity contribution in [2.24, 2.45) is 0 Å². The molecule has 6 heteroatoms. The van der Waals surface area contributed by atoms with Gasteiger partial charge in [0.05, 0.1) is 36.4 Å². The number of aromatic amines is 1. The number of H-pyrrole nitrogens is 1. The van der Waals surface area contributed by atoms with Crippen LogP contribution in [-0.2, 0) is 17.8 Å². The number of hydrogen-bond donors (Lipinski definition) is 1. The van der Waals surface area contributed by atoms with E-state index in [0.29, 0.717) is 6.42 Å². The van der Waals surface area contributed by atoms with E-state index in [9.17, 15) is 4.79 Å². The van der Waals surface area contributed by atoms with Crippen molar-refractivity contribution in [3.63, 3.8) is 0 Å². The third kappa shape index (κ3) is 3.29. The second kappa shape index (κ2) is 6.70. The summed E-state index contributed by atoms with van der Waals surface area (Å²) in [6, 6.07) is 8.14. The van der Waals surface area contributed by atoms with Crippen LogP contribution in [0, 0.1) is 6.92 Å². The van der Waals surface area contributed by atoms with E-state index < -0.39 is 0 Å². The van der Waals surface area contributed by atoms with Crippen LogP contribution in [0.3, 0.4) is 0 Å². The second-order valence-corrected chi connectivity index (χ2v) is 6.87. The van der Waals surface area contributed by atoms with Gasteiger partial charge in [-0.3, -0.25) is 14.6 Å². The first-order chi connectivity index (χ1) is 12.2. The van der Waals surface area contributed by atoms with Crippen molar-refractivity contribution in [3.05, 3.63) is 47.9 Å². The highest BCUT2D eigenvalue weighted by molar-refractivity contribution is 5.87. The zero-order valence-electron chi connectivity index (χ0n) is 14.5. The van der Waals surface area contributed by atoms with Gasteiger partial charge in [0, 0.05) is 18.1 Å². The van der Waals surface area contributed by atoms with E-state index in [0.717, 1.165) is 48.1 Å². The number of rotatable bonds is 4. The maximum atomic E-state index is 13.0. The van der Waals surface area contributed by atoms with Crippen LogP contribution in [0.1, 0.15) is 30.5 Å². The molecule has 0 radical (unpaired) electrons. The zero-order valence-corrected chi connectivity index (χ0v) is 14.5. The molecule has 2 aromatic heterocycles. The lowest BCUT2D eigenvalue weighted by Crippen LogP contribution is -2.46. The summed E-state index contributed by atoms with van der Waals surface area (Å²) >= 11 is 0. The molecule has 0 saturated carbocycles. The fourth-order valence-electron chi connectivity index (χ4n) is 3.70. The summed E-state index contributed by atoms with van der Waals surface area (Å²) in [6.45, 7) is 3.63. The van der Waals surface area contributed by atoms with Crippen LogP contribution >= 0.6 is 0 Å². The van der Waals surface area contributed by atoms with Crippen LogP contribution < -0.4 is 0 Å². The SMILES string of the molecule is Cc1cnn(C[C@H]2CCCCN2C(=O)Cc2[nH]nc3ccccc23)c1. The third-order valence-corrected chi connectivity index (χ3v) is 4.98. The molecule has 6 nitrogen and oxygen atoms in total. The van der Waals surface area contributed by atoms with E-state index in [1.807, 2.05) is 53.2 Å². The molecule has 1 aromatic carbocycles. The number of likely N-dealkylation sites (tertiary alicyclic amines) is 1. The van der Waals surface area contributed by atoms with E-state index in [-0.39, 0.29) is 11.9 Å². The van der Waals surface area contributed by atoms with Crippen molar-refractivity contribution in [2.75, 3.05) is 6.54 Å². The van der Waals surface area contributed by atoms with Gasteiger partial charge >= 0.3 is 0 Å². The van der Waals surface area contributed by atoms with Crippen LogP contribution in [0.15, 0.2) is 36.7 Å². The first-order valence-electron chi connectivity index (χ1n) is 8.91. The van der Waals surface area contributed by atoms with E-state index in [1.165, 1.54) is 6.42 Å². The van der Waals surface area contributed by atoms with Crippen LogP contribution in [-0.4, -0.2) is 43.4 Å². The van der Waals surface area contributed by atoms with Crippen molar-refractivity contribution in [2.45, 2.75) is 45.2 Å². The topological polar surface area (TPSA) is 66.8 Å². The standard InChI is InChI=1S/C19H23N5O/c1-14-11-20-23(12-14)13-15-6-4-5-9-24(15)19(25)10-18-16-7-2-3-8-17(16)21-22-18/h2-3,7-8,11-12,15H,4-6,9-10,13H2,1H3,(H,21,22)/t15-/m1/s1. The van der Waals surface area contributed by atoms with Gasteiger partial charge in [-0.15, -0.1) is 0 Å². The van der Waals surface area contributed by atoms with Gasteiger partial charge in [-0.1, -0.05) is 18.2 Å². The Morgan fingerprint density at radius 1 is 1.32 bits per heavy atom. The van der Waals surface area contributed by atoms with Gasteiger partial charge in [-0.2, -0.15) is 10.2 Å². The monoisotopic (exact) mass is 337 g/mol. The number of hydrogen-bond acceptors (Lipinski definition) is 3. The lowest BCUT2D eigenvalue weighted by atomic mass is 10.0. The maximum Gasteiger partial charge on any atom is 0.228 e. The predicted octanol–water partition coefficient (Wildman–Crippen LogP) is 2.69. The normalized spacial score (nSPS) is 18.0. The Morgan fingerprint density at radius 3 is 3.04 bits per heavy atom. The minimum Gasteiger partial charge on any atom is -0.338 e. The molecule has 4 rings (SSSR count). The summed E-state index contributed by atoms with van der Waals surface area (Å²) in [7, 11) is 0. The molecule has 1 N–H and O–H groups in total. The van der Waals surface area contributed by atoms with Crippen LogP contribution in [0.5, 0.6) is 0 Å². The fraction of sp³-hybridized carbons (Fsp3) is 0.421. The predicted molar refractivity (Wildman–Crippen MR) is 96.1 cm³/mol. The number of aryl methyl sites for hydroxylation is 1. The summed E-state index contributed by atoms with van der Waals surface area (Å²) in [6.07, 6.45) is 7.56. The van der Waals surface area contributed by atoms with Crippen molar-refractivity contribution >= 4 is 16.8 Å². The molecule has 0 bridgehead atoms. The van der Waals surface area contributed by atoms with Gasteiger partial charge in [0.25, 0.3) is 0 Å². The molecule has 3 heterocycles. The van der Waals surface area contributed by atoms with Crippen molar-refractivity contribution in [1.29, 1.82) is 0 Å². The highest BCUT2D eigenvalue weighted by Gasteiger charge is 2.27. The molecule has 1 aliphatic rings. The highest BCUT2D eigenvalue weighted by Crippen LogP contribution is 2.21. The molecule has 0 spiro atoms. The average molecular weight is 337 g/mol. The van der Waals surface area contributed by atoms with Gasteiger partial charge in [-0.05, 0) is 37.8 Å². The molecular weight excluding hydrogens is 314 g/mol. The Balaban J connectivity index is 1.50. The summed E-state index contributed by atoms with van der Waals surface area (Å²) < 4.78 is 1.96. The quantitative estimate of drug-likeness (QED) is 0.796. The number of para-hydroxylation sites is 1. The molecule has 0 aliphatic carbocycles. The molecular formula is C19H23N5O. The van der Waals surface area contributed by atoms with Crippen molar-refractivity contribution in [1.82, 2.24) is 24.9 Å². The van der Waals surface area contributed by atoms with E-state index >= 15 is 0 Å². The zero-order chi connectivity index (χ0) is 17.2. The number of amides is 1. The Bertz CT molecular complexity index is 881. The van der Waals surface area contributed by atoms with Gasteiger partial charge in [0.2, 0.25) is 5.91 Å². The number of nitrogens with one attached hydrogen (secondary N) is 1. The van der Waals surface area contributed by atoms with Crippen molar-refractivity contribution < 1.29 is 4.79 Å². The largest absolute Gasteiger partial charge is 0.338 e. The van der Waals surface area contributed by atoms with E-state index in [2.05, 4.69) is 15.3 Å². The van der Waals surface area contributed by atoms with Gasteiger partial charge in [-0.25, -0.2) is 0 Å². The van der Waals surface area contributed by atoms with Crippen LogP contribution in [0.25, 0.3) is 10.9 Å². The number of nitrogens with zero attached hydrogens (tertiary/aromatic N) is 4. The Labute approximate surface area is 146 Å². The van der Waals surface area contributed by atoms with Gasteiger partial charge < -0.3 is 4.90 Å². The molecule has 1 atom stereocenters. The van der Waals surface area contributed by atoms with Crippen LogP contribution in [0.2, 0.25) is 0 Å². The first-order valence-corrected chi connectivity index (χ1v) is 8.91. The summed E-state index contributed by atoms with van der Waals surface area (Å²) in [5.41, 5.74) is 2.96. The number of carbonyl (C=O) groups excluding carboxylic acids is 1. The third-order valence-electron chi connectivity index (χ3n) is 4.98. The molecule has 1 amide bonds. The minimum atomic E-state index is 0.169. The average Bonchev–Trinajstić information content (AvgIpc) is 3.22. The van der Waals surface area contributed by atoms with Gasteiger partial charge in [0.1, 0.15) is 0 Å². The van der Waals surface area contributed by atoms with Crippen molar-refractivity contribution in [3.8, 4) is 0 Å². The number of piperidine rings is 1. The number of aromatic nitrogens is 4. The van der Waals surface area contributed by atoms with Crippen LogP contribution in [0.4, 0.5) is 0 Å². The highest BCUT2D eigenvalue weighted by atomic mass is 16.2. The summed E-state index contributed by atoms with van der Waals surface area (Å²) in [4.78, 5) is 15.0. The number of carbonyl (C=O) groups is 1. The van der Waals surface area contributed by atoms with E-state index in [1.54, 1.807) is 0 Å². The van der Waals surface area contributed by atoms with E-state index in [4.69, 9.17) is 0 Å². The second-order valence-electron chi connectivity index (χ2n) is 6.87. The Morgan fingerprint density at radius 2 is 2.20 bits per heavy atom. The Kier molecular flexibility index (Phi) is 4.26. The first kappa shape index (κ1) is 15.9. The molecule has 130 valence electrons. The summed E-state index contributed by atoms with van der Waals surface area (Å²) in [5.74, 6) is 0.169. The molecule has 1 aliphatic heterocycles. The lowest BCUT2D eigenvalue weighted by Gasteiger charge is -2.35. The summed E-state index contributed by atoms with van der Waals surface area (Å²) in [5, 5.41) is 12.8. The minimum absolute atomic E-state index is 0.169. The lowest BCUT2D eigenvalue weighted by molar-refractivity contribution is -0.134. The smallest absolute Gasteiger partial charge is 0.228 e. The number of benzene rings is 1. The Hall–Kier alpha value is -2.63. The molecule has 1 saturated heterocycles. The fourth-order valence-corrected chi connectivity index (χ4v) is 3.70. The maximum absolute atomic E-state index is 13.0. The number of fused-ring (bicyclic) bond motifs is 1. The molecule has 3 aromatic rings. The molecule has 0 unspecified atom stereocenters.